The van der Waals surface area contributed by atoms with Crippen molar-refractivity contribution in [3.05, 3.63) is 22.2 Å². The van der Waals surface area contributed by atoms with E-state index in [4.69, 9.17) is 26.3 Å². The van der Waals surface area contributed by atoms with Gasteiger partial charge in [0.25, 0.3) is 0 Å². The van der Waals surface area contributed by atoms with Gasteiger partial charge in [0.1, 0.15) is 6.07 Å². The molecule has 1 aromatic rings. The van der Waals surface area contributed by atoms with Crippen LogP contribution in [0.25, 0.3) is 0 Å². The third-order valence-electron chi connectivity index (χ3n) is 1.72. The maximum absolute atomic E-state index is 8.43. The van der Waals surface area contributed by atoms with Gasteiger partial charge in [0, 0.05) is 5.88 Å². The summed E-state index contributed by atoms with van der Waals surface area (Å²) in [6.45, 7) is -0.0187. The molecule has 5 heteroatoms. The van der Waals surface area contributed by atoms with E-state index in [0.717, 1.165) is 10.0 Å². The number of halogens is 2. The fourth-order valence-electron chi connectivity index (χ4n) is 1.09. The highest BCUT2D eigenvalue weighted by Crippen LogP contribution is 2.36. The second-order valence-electron chi connectivity index (χ2n) is 2.69. The summed E-state index contributed by atoms with van der Waals surface area (Å²) in [5.41, 5.74) is 0.921. The second kappa shape index (κ2) is 5.84. The summed E-state index contributed by atoms with van der Waals surface area (Å²) in [5.74, 6) is 1.48. The summed E-state index contributed by atoms with van der Waals surface area (Å²) in [6.07, 6.45) is 0. The van der Waals surface area contributed by atoms with Gasteiger partial charge >= 0.3 is 0 Å². The molecule has 3 nitrogen and oxygen atoms in total. The molecule has 0 aliphatic carbocycles. The van der Waals surface area contributed by atoms with Crippen LogP contribution in [0.1, 0.15) is 5.56 Å². The highest BCUT2D eigenvalue weighted by atomic mass is 79.9. The summed E-state index contributed by atoms with van der Waals surface area (Å²) in [5, 5.41) is 8.43. The van der Waals surface area contributed by atoms with Gasteiger partial charge in [-0.2, -0.15) is 5.26 Å². The van der Waals surface area contributed by atoms with Crippen molar-refractivity contribution in [1.29, 1.82) is 5.26 Å². The van der Waals surface area contributed by atoms with Gasteiger partial charge in [-0.15, -0.1) is 11.6 Å². The van der Waals surface area contributed by atoms with Gasteiger partial charge in [-0.1, -0.05) is 0 Å². The van der Waals surface area contributed by atoms with Crippen molar-refractivity contribution in [2.45, 2.75) is 5.88 Å². The summed E-state index contributed by atoms with van der Waals surface area (Å²) in [7, 11) is 1.54. The van der Waals surface area contributed by atoms with E-state index in [1.165, 1.54) is 0 Å². The first kappa shape index (κ1) is 12.2. The molecular weight excluding hydrogens is 281 g/mol. The molecule has 0 N–H and O–H groups in total. The third-order valence-corrected chi connectivity index (χ3v) is 2.62. The molecule has 0 saturated heterocycles. The van der Waals surface area contributed by atoms with Gasteiger partial charge in [-0.25, -0.2) is 0 Å². The Morgan fingerprint density at radius 3 is 2.80 bits per heavy atom. The second-order valence-corrected chi connectivity index (χ2v) is 3.81. The van der Waals surface area contributed by atoms with Crippen LogP contribution in [0.15, 0.2) is 16.6 Å². The van der Waals surface area contributed by atoms with E-state index in [1.807, 2.05) is 12.1 Å². The molecular formula is C10H9BrClNO2. The number of ether oxygens (including phenoxy) is 2. The normalized spacial score (nSPS) is 9.47. The lowest BCUT2D eigenvalue weighted by Gasteiger charge is -2.11. The van der Waals surface area contributed by atoms with Crippen LogP contribution >= 0.6 is 27.5 Å². The Morgan fingerprint density at radius 1 is 1.53 bits per heavy atom. The minimum Gasteiger partial charge on any atom is -0.493 e. The van der Waals surface area contributed by atoms with Crippen LogP contribution in [0.3, 0.4) is 0 Å². The van der Waals surface area contributed by atoms with E-state index in [-0.39, 0.29) is 6.61 Å². The summed E-state index contributed by atoms with van der Waals surface area (Å²) in [6, 6.07) is 5.52. The van der Waals surface area contributed by atoms with Crippen LogP contribution in [0.2, 0.25) is 0 Å². The molecule has 0 aromatic heterocycles. The van der Waals surface area contributed by atoms with Gasteiger partial charge < -0.3 is 9.47 Å². The van der Waals surface area contributed by atoms with E-state index in [0.29, 0.717) is 17.4 Å². The Hall–Kier alpha value is -0.920. The molecule has 0 bridgehead atoms. The molecule has 0 fully saturated rings. The average Bonchev–Trinajstić information content (AvgIpc) is 2.26. The van der Waals surface area contributed by atoms with E-state index in [2.05, 4.69) is 15.9 Å². The fraction of sp³-hybridized carbons (Fsp3) is 0.300. The molecule has 0 radical (unpaired) electrons. The number of nitrogens with zero attached hydrogens (tertiary/aromatic N) is 1. The van der Waals surface area contributed by atoms with Crippen molar-refractivity contribution in [1.82, 2.24) is 0 Å². The SMILES string of the molecule is COc1cc(CCl)cc(Br)c1OCC#N. The number of benzene rings is 1. The highest BCUT2D eigenvalue weighted by molar-refractivity contribution is 9.10. The molecule has 0 amide bonds. The number of hydrogen-bond acceptors (Lipinski definition) is 3. The first-order valence-corrected chi connectivity index (χ1v) is 5.47. The van der Waals surface area contributed by atoms with Crippen molar-refractivity contribution < 1.29 is 9.47 Å². The molecule has 15 heavy (non-hydrogen) atoms. The van der Waals surface area contributed by atoms with Crippen LogP contribution < -0.4 is 9.47 Å². The minimum absolute atomic E-state index is 0.0187. The molecule has 0 saturated carbocycles. The highest BCUT2D eigenvalue weighted by Gasteiger charge is 2.10. The van der Waals surface area contributed by atoms with Crippen molar-refractivity contribution in [2.75, 3.05) is 13.7 Å². The largest absolute Gasteiger partial charge is 0.493 e. The first-order valence-electron chi connectivity index (χ1n) is 4.15. The number of hydrogen-bond donors (Lipinski definition) is 0. The predicted molar refractivity (Wildman–Crippen MR) is 61.4 cm³/mol. The molecule has 1 rings (SSSR count). The Balaban J connectivity index is 3.08. The number of methoxy groups -OCH3 is 1. The molecule has 0 atom stereocenters. The smallest absolute Gasteiger partial charge is 0.176 e. The van der Waals surface area contributed by atoms with Crippen LogP contribution in [0, 0.1) is 11.3 Å². The zero-order valence-corrected chi connectivity index (χ0v) is 10.4. The lowest BCUT2D eigenvalue weighted by molar-refractivity contribution is 0.327. The van der Waals surface area contributed by atoms with Crippen molar-refractivity contribution in [3.63, 3.8) is 0 Å². The lowest BCUT2D eigenvalue weighted by atomic mass is 10.2. The number of nitriles is 1. The Kier molecular flexibility index (Phi) is 4.73. The molecule has 0 unspecified atom stereocenters. The van der Waals surface area contributed by atoms with Crippen LogP contribution in [0.4, 0.5) is 0 Å². The monoisotopic (exact) mass is 289 g/mol. The molecule has 0 spiro atoms. The Morgan fingerprint density at radius 2 is 2.27 bits per heavy atom. The maximum Gasteiger partial charge on any atom is 0.176 e. The maximum atomic E-state index is 8.43. The molecule has 0 heterocycles. The average molecular weight is 291 g/mol. The van der Waals surface area contributed by atoms with Gasteiger partial charge in [-0.05, 0) is 33.6 Å². The third kappa shape index (κ3) is 3.01. The topological polar surface area (TPSA) is 42.2 Å². The van der Waals surface area contributed by atoms with E-state index in [1.54, 1.807) is 13.2 Å². The standard InChI is InChI=1S/C10H9BrClNO2/c1-14-9-5-7(6-12)4-8(11)10(9)15-3-2-13/h4-5H,3,6H2,1H3. The fourth-order valence-corrected chi connectivity index (χ4v) is 1.85. The van der Waals surface area contributed by atoms with Crippen LogP contribution in [-0.2, 0) is 5.88 Å². The van der Waals surface area contributed by atoms with Gasteiger partial charge in [-0.3, -0.25) is 0 Å². The van der Waals surface area contributed by atoms with Crippen LogP contribution in [0.5, 0.6) is 11.5 Å². The zero-order valence-electron chi connectivity index (χ0n) is 8.09. The number of rotatable bonds is 4. The lowest BCUT2D eigenvalue weighted by Crippen LogP contribution is -1.98. The van der Waals surface area contributed by atoms with Crippen molar-refractivity contribution >= 4 is 27.5 Å². The van der Waals surface area contributed by atoms with E-state index in [9.17, 15) is 0 Å². The molecule has 0 aliphatic heterocycles. The Bertz CT molecular complexity index is 390. The van der Waals surface area contributed by atoms with Crippen LogP contribution in [-0.4, -0.2) is 13.7 Å². The van der Waals surface area contributed by atoms with Gasteiger partial charge in [0.05, 0.1) is 11.6 Å². The summed E-state index contributed by atoms with van der Waals surface area (Å²) < 4.78 is 11.1. The quantitative estimate of drug-likeness (QED) is 0.800. The molecule has 0 aliphatic rings. The van der Waals surface area contributed by atoms with Crippen molar-refractivity contribution in [3.8, 4) is 17.6 Å². The molecule has 80 valence electrons. The molecule has 1 aromatic carbocycles. The summed E-state index contributed by atoms with van der Waals surface area (Å²) >= 11 is 9.05. The van der Waals surface area contributed by atoms with E-state index < -0.39 is 0 Å². The van der Waals surface area contributed by atoms with Gasteiger partial charge in [0.15, 0.2) is 18.1 Å². The zero-order chi connectivity index (χ0) is 11.3. The van der Waals surface area contributed by atoms with Gasteiger partial charge in [0.2, 0.25) is 0 Å². The minimum atomic E-state index is -0.0187. The first-order chi connectivity index (χ1) is 7.22. The summed E-state index contributed by atoms with van der Waals surface area (Å²) in [4.78, 5) is 0. The van der Waals surface area contributed by atoms with E-state index >= 15 is 0 Å². The van der Waals surface area contributed by atoms with Crippen molar-refractivity contribution in [2.24, 2.45) is 0 Å². The Labute approximate surface area is 102 Å². The predicted octanol–water partition coefficient (Wildman–Crippen LogP) is 3.10. The number of alkyl halides is 1.